The van der Waals surface area contributed by atoms with Crippen LogP contribution in [0, 0.1) is 0 Å². The largest absolute Gasteiger partial charge is 0.481 e. The van der Waals surface area contributed by atoms with Crippen LogP contribution in [0.25, 0.3) is 0 Å². The number of hydrogen-bond acceptors (Lipinski definition) is 4. The van der Waals surface area contributed by atoms with Crippen molar-refractivity contribution in [3.8, 4) is 5.88 Å². The first-order valence-corrected chi connectivity index (χ1v) is 7.05. The van der Waals surface area contributed by atoms with E-state index in [1.165, 1.54) is 24.1 Å². The highest BCUT2D eigenvalue weighted by Crippen LogP contribution is 2.27. The fraction of sp³-hybridized carbons (Fsp3) is 0.467. The van der Waals surface area contributed by atoms with Crippen LogP contribution in [0.2, 0.25) is 0 Å². The number of ether oxygens (including phenoxy) is 1. The van der Waals surface area contributed by atoms with E-state index in [0.717, 1.165) is 19.6 Å². The standard InChI is InChI=1S/C15H20N4O/c1-20-15-3-2-12(10-16-15)11-19-8-5-13(6-9-19)14-4-7-17-18-14/h2-4,7,10,13H,5-6,8-9,11H2,1H3,(H,17,18). The maximum absolute atomic E-state index is 5.08. The Labute approximate surface area is 119 Å². The van der Waals surface area contributed by atoms with Gasteiger partial charge in [0, 0.05) is 36.6 Å². The predicted octanol–water partition coefficient (Wildman–Crippen LogP) is 2.19. The third-order valence-corrected chi connectivity index (χ3v) is 3.96. The molecule has 0 saturated carbocycles. The zero-order valence-corrected chi connectivity index (χ0v) is 11.7. The normalized spacial score (nSPS) is 17.2. The number of piperidine rings is 1. The van der Waals surface area contributed by atoms with Crippen LogP contribution in [0.4, 0.5) is 0 Å². The molecule has 0 amide bonds. The summed E-state index contributed by atoms with van der Waals surface area (Å²) >= 11 is 0. The molecule has 1 aliphatic rings. The molecule has 1 saturated heterocycles. The second-order valence-corrected chi connectivity index (χ2v) is 5.27. The van der Waals surface area contributed by atoms with Crippen molar-refractivity contribution in [2.24, 2.45) is 0 Å². The van der Waals surface area contributed by atoms with E-state index in [9.17, 15) is 0 Å². The molecular weight excluding hydrogens is 252 g/mol. The lowest BCUT2D eigenvalue weighted by Crippen LogP contribution is -2.32. The number of nitrogens with zero attached hydrogens (tertiary/aromatic N) is 3. The van der Waals surface area contributed by atoms with Gasteiger partial charge in [-0.25, -0.2) is 4.98 Å². The Morgan fingerprint density at radius 1 is 1.30 bits per heavy atom. The van der Waals surface area contributed by atoms with E-state index in [0.29, 0.717) is 11.8 Å². The molecule has 0 aliphatic carbocycles. The molecule has 5 heteroatoms. The van der Waals surface area contributed by atoms with Gasteiger partial charge in [0.25, 0.3) is 0 Å². The van der Waals surface area contributed by atoms with Gasteiger partial charge in [-0.1, -0.05) is 6.07 Å². The van der Waals surface area contributed by atoms with Crippen LogP contribution in [0.3, 0.4) is 0 Å². The molecule has 1 aliphatic heterocycles. The Bertz CT molecular complexity index is 515. The number of H-pyrrole nitrogens is 1. The number of likely N-dealkylation sites (tertiary alicyclic amines) is 1. The SMILES string of the molecule is COc1ccc(CN2CCC(c3ccn[nH]3)CC2)cn1. The molecule has 0 bridgehead atoms. The minimum absolute atomic E-state index is 0.628. The van der Waals surface area contributed by atoms with Crippen LogP contribution in [0.1, 0.15) is 30.0 Å². The molecule has 0 radical (unpaired) electrons. The Morgan fingerprint density at radius 3 is 2.75 bits per heavy atom. The molecule has 106 valence electrons. The molecule has 5 nitrogen and oxygen atoms in total. The summed E-state index contributed by atoms with van der Waals surface area (Å²) < 4.78 is 5.08. The Balaban J connectivity index is 1.53. The van der Waals surface area contributed by atoms with Gasteiger partial charge in [-0.05, 0) is 37.6 Å². The summed E-state index contributed by atoms with van der Waals surface area (Å²) in [5.41, 5.74) is 2.52. The number of hydrogen-bond donors (Lipinski definition) is 1. The molecule has 2 aromatic rings. The van der Waals surface area contributed by atoms with Crippen LogP contribution in [-0.4, -0.2) is 40.3 Å². The van der Waals surface area contributed by atoms with E-state index in [4.69, 9.17) is 4.74 Å². The molecule has 0 atom stereocenters. The summed E-state index contributed by atoms with van der Waals surface area (Å²) in [7, 11) is 1.64. The number of aromatic amines is 1. The molecule has 3 heterocycles. The lowest BCUT2D eigenvalue weighted by molar-refractivity contribution is 0.203. The monoisotopic (exact) mass is 272 g/mol. The maximum atomic E-state index is 5.08. The van der Waals surface area contributed by atoms with Crippen molar-refractivity contribution in [2.45, 2.75) is 25.3 Å². The van der Waals surface area contributed by atoms with Crippen molar-refractivity contribution in [3.63, 3.8) is 0 Å². The van der Waals surface area contributed by atoms with Gasteiger partial charge in [0.05, 0.1) is 7.11 Å². The van der Waals surface area contributed by atoms with Crippen molar-refractivity contribution < 1.29 is 4.74 Å². The number of aromatic nitrogens is 3. The van der Waals surface area contributed by atoms with Gasteiger partial charge in [0.2, 0.25) is 5.88 Å². The molecule has 2 aromatic heterocycles. The van der Waals surface area contributed by atoms with Crippen molar-refractivity contribution >= 4 is 0 Å². The minimum Gasteiger partial charge on any atom is -0.481 e. The van der Waals surface area contributed by atoms with E-state index in [1.807, 2.05) is 18.5 Å². The molecule has 20 heavy (non-hydrogen) atoms. The van der Waals surface area contributed by atoms with Crippen LogP contribution < -0.4 is 4.74 Å². The van der Waals surface area contributed by atoms with Crippen molar-refractivity contribution in [2.75, 3.05) is 20.2 Å². The number of rotatable bonds is 4. The zero-order chi connectivity index (χ0) is 13.8. The van der Waals surface area contributed by atoms with Gasteiger partial charge < -0.3 is 4.74 Å². The average Bonchev–Trinajstić information content (AvgIpc) is 3.03. The maximum Gasteiger partial charge on any atom is 0.212 e. The first kappa shape index (κ1) is 13.1. The minimum atomic E-state index is 0.628. The van der Waals surface area contributed by atoms with Gasteiger partial charge >= 0.3 is 0 Å². The molecule has 0 unspecified atom stereocenters. The van der Waals surface area contributed by atoms with Crippen LogP contribution in [0.5, 0.6) is 5.88 Å². The van der Waals surface area contributed by atoms with Gasteiger partial charge in [-0.15, -0.1) is 0 Å². The molecule has 0 aromatic carbocycles. The van der Waals surface area contributed by atoms with Gasteiger partial charge in [-0.3, -0.25) is 10.00 Å². The van der Waals surface area contributed by atoms with Crippen LogP contribution in [0.15, 0.2) is 30.6 Å². The van der Waals surface area contributed by atoms with Gasteiger partial charge in [0.1, 0.15) is 0 Å². The number of methoxy groups -OCH3 is 1. The third-order valence-electron chi connectivity index (χ3n) is 3.96. The fourth-order valence-electron chi connectivity index (χ4n) is 2.78. The summed E-state index contributed by atoms with van der Waals surface area (Å²) in [6.07, 6.45) is 6.11. The average molecular weight is 272 g/mol. The number of pyridine rings is 1. The van der Waals surface area contributed by atoms with E-state index in [2.05, 4.69) is 32.2 Å². The zero-order valence-electron chi connectivity index (χ0n) is 11.7. The van der Waals surface area contributed by atoms with Crippen LogP contribution >= 0.6 is 0 Å². The van der Waals surface area contributed by atoms with Crippen molar-refractivity contribution in [1.29, 1.82) is 0 Å². The molecule has 1 N–H and O–H groups in total. The smallest absolute Gasteiger partial charge is 0.212 e. The second kappa shape index (κ2) is 6.05. The van der Waals surface area contributed by atoms with Gasteiger partial charge in [0.15, 0.2) is 0 Å². The van der Waals surface area contributed by atoms with E-state index >= 15 is 0 Å². The van der Waals surface area contributed by atoms with Crippen LogP contribution in [-0.2, 0) is 6.54 Å². The van der Waals surface area contributed by atoms with Gasteiger partial charge in [-0.2, -0.15) is 5.10 Å². The Kier molecular flexibility index (Phi) is 3.97. The molecular formula is C15H20N4O. The Morgan fingerprint density at radius 2 is 2.15 bits per heavy atom. The molecule has 3 rings (SSSR count). The Hall–Kier alpha value is -1.88. The topological polar surface area (TPSA) is 54.0 Å². The summed E-state index contributed by atoms with van der Waals surface area (Å²) in [4.78, 5) is 6.74. The van der Waals surface area contributed by atoms with Crippen molar-refractivity contribution in [1.82, 2.24) is 20.1 Å². The predicted molar refractivity (Wildman–Crippen MR) is 76.6 cm³/mol. The first-order valence-electron chi connectivity index (χ1n) is 7.05. The summed E-state index contributed by atoms with van der Waals surface area (Å²) in [6, 6.07) is 6.10. The summed E-state index contributed by atoms with van der Waals surface area (Å²) in [5, 5.41) is 7.13. The van der Waals surface area contributed by atoms with Crippen molar-refractivity contribution in [3.05, 3.63) is 41.9 Å². The summed E-state index contributed by atoms with van der Waals surface area (Å²) in [5.74, 6) is 1.30. The molecule has 0 spiro atoms. The highest BCUT2D eigenvalue weighted by molar-refractivity contribution is 5.17. The lowest BCUT2D eigenvalue weighted by atomic mass is 9.93. The summed E-state index contributed by atoms with van der Waals surface area (Å²) in [6.45, 7) is 3.21. The van der Waals surface area contributed by atoms with E-state index in [-0.39, 0.29) is 0 Å². The quantitative estimate of drug-likeness (QED) is 0.927. The lowest BCUT2D eigenvalue weighted by Gasteiger charge is -2.31. The second-order valence-electron chi connectivity index (χ2n) is 5.27. The first-order chi connectivity index (χ1) is 9.85. The third kappa shape index (κ3) is 2.99. The van der Waals surface area contributed by atoms with E-state index in [1.54, 1.807) is 7.11 Å². The molecule has 1 fully saturated rings. The van der Waals surface area contributed by atoms with E-state index < -0.39 is 0 Å². The number of nitrogens with one attached hydrogen (secondary N) is 1. The highest BCUT2D eigenvalue weighted by atomic mass is 16.5. The highest BCUT2D eigenvalue weighted by Gasteiger charge is 2.21. The fourth-order valence-corrected chi connectivity index (χ4v) is 2.78.